The van der Waals surface area contributed by atoms with E-state index in [9.17, 15) is 9.59 Å². The molecular weight excluding hydrogens is 324 g/mol. The standard InChI is InChI=1S/C16H24N6O3/c1-11(2)10-22-12-13(19(3)16(25)18-14(12)24)17-15(22)21-6-4-20(5-7-21)8-9-23/h23H,1,4-10H2,2-3H3,(H,18,24,25). The van der Waals surface area contributed by atoms with Gasteiger partial charge in [0.05, 0.1) is 6.61 Å². The Morgan fingerprint density at radius 3 is 2.56 bits per heavy atom. The highest BCUT2D eigenvalue weighted by molar-refractivity contribution is 5.74. The second kappa shape index (κ2) is 6.85. The van der Waals surface area contributed by atoms with Crippen LogP contribution in [0.15, 0.2) is 21.7 Å². The van der Waals surface area contributed by atoms with E-state index in [0.29, 0.717) is 30.2 Å². The summed E-state index contributed by atoms with van der Waals surface area (Å²) in [6.07, 6.45) is 0. The molecule has 1 saturated heterocycles. The van der Waals surface area contributed by atoms with Crippen molar-refractivity contribution in [1.29, 1.82) is 0 Å². The molecule has 1 aliphatic heterocycles. The molecule has 3 heterocycles. The highest BCUT2D eigenvalue weighted by atomic mass is 16.3. The second-order valence-electron chi connectivity index (χ2n) is 6.50. The smallest absolute Gasteiger partial charge is 0.329 e. The van der Waals surface area contributed by atoms with Gasteiger partial charge in [0.1, 0.15) is 0 Å². The van der Waals surface area contributed by atoms with Crippen molar-refractivity contribution >= 4 is 17.1 Å². The number of anilines is 1. The first kappa shape index (κ1) is 17.4. The number of fused-ring (bicyclic) bond motifs is 1. The molecule has 136 valence electrons. The van der Waals surface area contributed by atoms with E-state index in [4.69, 9.17) is 5.11 Å². The maximum Gasteiger partial charge on any atom is 0.329 e. The van der Waals surface area contributed by atoms with Gasteiger partial charge >= 0.3 is 5.69 Å². The number of aromatic nitrogens is 4. The number of β-amino-alcohol motifs (C(OH)–C–C–N with tert-alkyl or cyclic N) is 1. The first-order chi connectivity index (χ1) is 11.9. The van der Waals surface area contributed by atoms with Crippen LogP contribution in [0.3, 0.4) is 0 Å². The van der Waals surface area contributed by atoms with Crippen LogP contribution < -0.4 is 16.1 Å². The first-order valence-electron chi connectivity index (χ1n) is 8.34. The van der Waals surface area contributed by atoms with Gasteiger partial charge in [0.25, 0.3) is 5.56 Å². The van der Waals surface area contributed by atoms with Crippen molar-refractivity contribution in [2.45, 2.75) is 13.5 Å². The summed E-state index contributed by atoms with van der Waals surface area (Å²) in [5.74, 6) is 0.674. The molecule has 2 aromatic heterocycles. The minimum Gasteiger partial charge on any atom is -0.395 e. The number of nitrogens with one attached hydrogen (secondary N) is 1. The molecule has 1 aliphatic rings. The summed E-state index contributed by atoms with van der Waals surface area (Å²) in [5, 5.41) is 9.08. The number of aromatic amines is 1. The van der Waals surface area contributed by atoms with Crippen molar-refractivity contribution in [1.82, 2.24) is 24.0 Å². The summed E-state index contributed by atoms with van der Waals surface area (Å²) in [4.78, 5) is 35.5. The quantitative estimate of drug-likeness (QED) is 0.681. The highest BCUT2D eigenvalue weighted by Crippen LogP contribution is 2.21. The molecule has 0 atom stereocenters. The lowest BCUT2D eigenvalue weighted by molar-refractivity contribution is 0.188. The molecule has 0 aliphatic carbocycles. The van der Waals surface area contributed by atoms with Crippen molar-refractivity contribution in [3.8, 4) is 0 Å². The van der Waals surface area contributed by atoms with Crippen molar-refractivity contribution < 1.29 is 5.11 Å². The third-order valence-corrected chi connectivity index (χ3v) is 4.49. The lowest BCUT2D eigenvalue weighted by Crippen LogP contribution is -2.48. The molecule has 25 heavy (non-hydrogen) atoms. The molecule has 0 bridgehead atoms. The summed E-state index contributed by atoms with van der Waals surface area (Å²) >= 11 is 0. The Labute approximate surface area is 144 Å². The van der Waals surface area contributed by atoms with E-state index in [1.807, 2.05) is 11.5 Å². The van der Waals surface area contributed by atoms with Crippen molar-refractivity contribution in [3.05, 3.63) is 33.0 Å². The minimum atomic E-state index is -0.475. The van der Waals surface area contributed by atoms with E-state index in [0.717, 1.165) is 31.8 Å². The van der Waals surface area contributed by atoms with Crippen LogP contribution in [0.5, 0.6) is 0 Å². The number of aliphatic hydroxyl groups is 1. The zero-order valence-electron chi connectivity index (χ0n) is 14.7. The summed E-state index contributed by atoms with van der Waals surface area (Å²) < 4.78 is 3.19. The van der Waals surface area contributed by atoms with Crippen molar-refractivity contribution in [2.24, 2.45) is 7.05 Å². The maximum atomic E-state index is 12.4. The number of aliphatic hydroxyl groups excluding tert-OH is 1. The first-order valence-corrected chi connectivity index (χ1v) is 8.34. The van der Waals surface area contributed by atoms with Gasteiger partial charge in [-0.25, -0.2) is 4.79 Å². The summed E-state index contributed by atoms with van der Waals surface area (Å²) in [5.41, 5.74) is 0.752. The highest BCUT2D eigenvalue weighted by Gasteiger charge is 2.24. The zero-order valence-corrected chi connectivity index (χ0v) is 14.7. The Balaban J connectivity index is 2.07. The SMILES string of the molecule is C=C(C)Cn1c(N2CCN(CCO)CC2)nc2c1c(=O)[nH]c(=O)n2C. The van der Waals surface area contributed by atoms with Gasteiger partial charge in [-0.3, -0.25) is 19.2 Å². The number of hydrogen-bond donors (Lipinski definition) is 2. The van der Waals surface area contributed by atoms with Gasteiger partial charge in [0.15, 0.2) is 11.2 Å². The molecule has 9 heteroatoms. The van der Waals surface area contributed by atoms with Crippen LogP contribution in [0.25, 0.3) is 11.2 Å². The average Bonchev–Trinajstić information content (AvgIpc) is 2.93. The fourth-order valence-electron chi connectivity index (χ4n) is 3.20. The molecule has 0 radical (unpaired) electrons. The van der Waals surface area contributed by atoms with Crippen LogP contribution in [0.4, 0.5) is 5.95 Å². The van der Waals surface area contributed by atoms with Gasteiger partial charge in [-0.1, -0.05) is 12.2 Å². The van der Waals surface area contributed by atoms with Gasteiger partial charge in [0.2, 0.25) is 5.95 Å². The summed E-state index contributed by atoms with van der Waals surface area (Å²) in [7, 11) is 1.60. The fraction of sp³-hybridized carbons (Fsp3) is 0.562. The van der Waals surface area contributed by atoms with Crippen LogP contribution in [0.2, 0.25) is 0 Å². The van der Waals surface area contributed by atoms with Gasteiger partial charge in [-0.2, -0.15) is 4.98 Å². The lowest BCUT2D eigenvalue weighted by atomic mass is 10.3. The fourth-order valence-corrected chi connectivity index (χ4v) is 3.20. The Morgan fingerprint density at radius 1 is 1.28 bits per heavy atom. The molecule has 1 fully saturated rings. The predicted molar refractivity (Wildman–Crippen MR) is 96.1 cm³/mol. The topological polar surface area (TPSA) is 99.4 Å². The van der Waals surface area contributed by atoms with Crippen molar-refractivity contribution in [2.75, 3.05) is 44.2 Å². The number of aryl methyl sites for hydroxylation is 1. The van der Waals surface area contributed by atoms with Crippen molar-refractivity contribution in [3.63, 3.8) is 0 Å². The molecule has 2 aromatic rings. The Morgan fingerprint density at radius 2 is 1.96 bits per heavy atom. The number of imidazole rings is 1. The number of nitrogens with zero attached hydrogens (tertiary/aromatic N) is 5. The van der Waals surface area contributed by atoms with Gasteiger partial charge in [0, 0.05) is 46.3 Å². The predicted octanol–water partition coefficient (Wildman–Crippen LogP) is -0.886. The molecule has 0 spiro atoms. The van der Waals surface area contributed by atoms with Gasteiger partial charge < -0.3 is 14.6 Å². The van der Waals surface area contributed by atoms with E-state index in [1.54, 1.807) is 7.05 Å². The van der Waals surface area contributed by atoms with E-state index >= 15 is 0 Å². The third kappa shape index (κ3) is 3.24. The summed E-state index contributed by atoms with van der Waals surface area (Å²) in [6.45, 7) is 10.2. The number of allylic oxidation sites excluding steroid dienone is 1. The van der Waals surface area contributed by atoms with Crippen LogP contribution >= 0.6 is 0 Å². The van der Waals surface area contributed by atoms with E-state index in [1.165, 1.54) is 4.57 Å². The lowest BCUT2D eigenvalue weighted by Gasteiger charge is -2.35. The Hall–Kier alpha value is -2.39. The Kier molecular flexibility index (Phi) is 4.78. The second-order valence-corrected chi connectivity index (χ2v) is 6.50. The number of hydrogen-bond acceptors (Lipinski definition) is 6. The number of piperazine rings is 1. The number of rotatable bonds is 5. The molecule has 0 unspecified atom stereocenters. The van der Waals surface area contributed by atoms with E-state index < -0.39 is 11.2 Å². The number of H-pyrrole nitrogens is 1. The van der Waals surface area contributed by atoms with Crippen LogP contribution in [0, 0.1) is 0 Å². The monoisotopic (exact) mass is 348 g/mol. The molecule has 0 aromatic carbocycles. The normalized spacial score (nSPS) is 15.9. The van der Waals surface area contributed by atoms with Crippen LogP contribution in [0.1, 0.15) is 6.92 Å². The van der Waals surface area contributed by atoms with Gasteiger partial charge in [-0.05, 0) is 6.92 Å². The van der Waals surface area contributed by atoms with Gasteiger partial charge in [-0.15, -0.1) is 0 Å². The largest absolute Gasteiger partial charge is 0.395 e. The average molecular weight is 348 g/mol. The van der Waals surface area contributed by atoms with E-state index in [2.05, 4.69) is 26.3 Å². The maximum absolute atomic E-state index is 12.4. The van der Waals surface area contributed by atoms with Crippen LogP contribution in [-0.2, 0) is 13.6 Å². The zero-order chi connectivity index (χ0) is 18.1. The minimum absolute atomic E-state index is 0.145. The third-order valence-electron chi connectivity index (χ3n) is 4.49. The summed E-state index contributed by atoms with van der Waals surface area (Å²) in [6, 6.07) is 0. The molecule has 3 rings (SSSR count). The van der Waals surface area contributed by atoms with E-state index in [-0.39, 0.29) is 6.61 Å². The molecule has 0 saturated carbocycles. The molecule has 9 nitrogen and oxygen atoms in total. The Bertz CT molecular complexity index is 901. The molecule has 2 N–H and O–H groups in total. The molecular formula is C16H24N6O3. The molecule has 0 amide bonds. The van der Waals surface area contributed by atoms with Crippen LogP contribution in [-0.4, -0.2) is 68.4 Å².